The molecule has 4 aliphatic carbocycles. The Labute approximate surface area is 278 Å². The second-order valence-corrected chi connectivity index (χ2v) is 36.3. The maximum atomic E-state index is 14.1. The molecule has 0 aromatic heterocycles. The van der Waals surface area contributed by atoms with Gasteiger partial charge < -0.3 is 8.23 Å². The number of hydrogen-bond acceptors (Lipinski definition) is 6. The van der Waals surface area contributed by atoms with Gasteiger partial charge in [0.05, 0.1) is 35.0 Å². The van der Waals surface area contributed by atoms with E-state index in [1.54, 1.807) is 24.3 Å². The van der Waals surface area contributed by atoms with Crippen molar-refractivity contribution in [2.45, 2.75) is 102 Å². The molecule has 0 spiro atoms. The van der Waals surface area contributed by atoms with E-state index in [4.69, 9.17) is 8.23 Å². The van der Waals surface area contributed by atoms with Crippen LogP contribution in [0.2, 0.25) is 76.6 Å². The first-order valence-electron chi connectivity index (χ1n) is 17.5. The molecule has 4 saturated carbocycles. The third kappa shape index (κ3) is 4.98. The van der Waals surface area contributed by atoms with E-state index in [1.807, 2.05) is 0 Å². The number of benzene rings is 1. The number of nitrogens with zero attached hydrogens (tertiary/aromatic N) is 2. The fourth-order valence-electron chi connectivity index (χ4n) is 11.5. The smallest absolute Gasteiger partial charge is 0.237 e. The fraction of sp³-hybridized carbons (Fsp3) is 0.706. The highest BCUT2D eigenvalue weighted by Gasteiger charge is 2.68. The molecule has 1 aromatic carbocycles. The number of anilines is 2. The van der Waals surface area contributed by atoms with E-state index in [9.17, 15) is 19.2 Å². The van der Waals surface area contributed by atoms with E-state index in [2.05, 4.69) is 65.5 Å². The van der Waals surface area contributed by atoms with E-state index in [1.165, 1.54) is 9.80 Å². The molecule has 10 atom stereocenters. The molecule has 7 rings (SSSR count). The van der Waals surface area contributed by atoms with Gasteiger partial charge in [-0.3, -0.25) is 19.2 Å². The molecule has 4 amide bonds. The van der Waals surface area contributed by atoms with Crippen LogP contribution in [-0.2, 0) is 27.4 Å². The average Bonchev–Trinajstić information content (AvgIpc) is 3.73. The molecule has 12 heteroatoms. The summed E-state index contributed by atoms with van der Waals surface area (Å²) >= 11 is 0. The van der Waals surface area contributed by atoms with E-state index in [0.29, 0.717) is 22.5 Å². The van der Waals surface area contributed by atoms with E-state index in [-0.39, 0.29) is 71.0 Å². The topological polar surface area (TPSA) is 93.2 Å². The molecule has 0 N–H and O–H groups in total. The summed E-state index contributed by atoms with van der Waals surface area (Å²) < 4.78 is 13.5. The SMILES string of the molecule is C[Si](C)(C)O[Si](C)(C)C1CC2CC1C1C(=O)N(c3cccc(N4C(=O)C5C6CC(C5C4=O)C([Si](C)(C)O[Si](C)(C)C)C6)c3)C(=O)C21. The Morgan fingerprint density at radius 2 is 0.891 bits per heavy atom. The first-order chi connectivity index (χ1) is 21.2. The van der Waals surface area contributed by atoms with Gasteiger partial charge in [-0.1, -0.05) is 6.07 Å². The fourth-order valence-corrected chi connectivity index (χ4v) is 29.9. The van der Waals surface area contributed by atoms with Crippen molar-refractivity contribution in [3.05, 3.63) is 24.3 Å². The third-order valence-corrected chi connectivity index (χ3v) is 26.3. The second kappa shape index (κ2) is 10.4. The summed E-state index contributed by atoms with van der Waals surface area (Å²) in [5.74, 6) is -0.835. The zero-order chi connectivity index (χ0) is 33.5. The van der Waals surface area contributed by atoms with Crippen molar-refractivity contribution in [2.75, 3.05) is 9.80 Å². The minimum Gasteiger partial charge on any atom is -0.455 e. The Hall–Kier alpha value is -1.71. The zero-order valence-electron chi connectivity index (χ0n) is 29.3. The molecule has 250 valence electrons. The average molecular weight is 697 g/mol. The second-order valence-electron chi connectivity index (χ2n) is 18.3. The lowest BCUT2D eigenvalue weighted by atomic mass is 9.81. The predicted octanol–water partition coefficient (Wildman–Crippen LogP) is 6.83. The minimum atomic E-state index is -2.07. The largest absolute Gasteiger partial charge is 0.455 e. The first kappa shape index (κ1) is 32.8. The normalized spacial score (nSPS) is 37.3. The van der Waals surface area contributed by atoms with Crippen molar-refractivity contribution >= 4 is 68.3 Å². The van der Waals surface area contributed by atoms with Crippen LogP contribution < -0.4 is 9.80 Å². The number of carbonyl (C=O) groups excluding carboxylic acids is 4. The summed E-state index contributed by atoms with van der Waals surface area (Å²) in [7, 11) is -7.63. The molecule has 6 aliphatic rings. The number of carbonyl (C=O) groups is 4. The standard InChI is InChI=1S/C34H52N2O6Si4/c1-43(2,3)41-45(7,8)25-16-19-14-23(25)29-27(19)31(37)35(33(29)39)21-12-11-13-22(18-21)36-32(38)28-20-15-24(30(28)34(36)40)26(17-20)46(9,10)42-44(4,5)6/h11-13,18-20,23-30H,14-17H2,1-10H3. The van der Waals surface area contributed by atoms with Crippen LogP contribution in [0.1, 0.15) is 25.7 Å². The van der Waals surface area contributed by atoms with Crippen LogP contribution >= 0.6 is 0 Å². The lowest BCUT2D eigenvalue weighted by Gasteiger charge is -2.41. The lowest BCUT2D eigenvalue weighted by Crippen LogP contribution is -2.49. The molecule has 10 unspecified atom stereocenters. The molecule has 2 heterocycles. The Kier molecular flexibility index (Phi) is 7.42. The van der Waals surface area contributed by atoms with Gasteiger partial charge in [-0.25, -0.2) is 9.80 Å². The molecular formula is C34H52N2O6Si4. The van der Waals surface area contributed by atoms with Gasteiger partial charge in [-0.05, 0) is 144 Å². The number of rotatable bonds is 8. The summed E-state index contributed by atoms with van der Waals surface area (Å²) in [6.45, 7) is 22.6. The van der Waals surface area contributed by atoms with Crippen LogP contribution in [0, 0.1) is 47.3 Å². The van der Waals surface area contributed by atoms with Crippen molar-refractivity contribution < 1.29 is 27.4 Å². The molecule has 2 saturated heterocycles. The lowest BCUT2D eigenvalue weighted by molar-refractivity contribution is -0.124. The van der Waals surface area contributed by atoms with Crippen LogP contribution in [0.3, 0.4) is 0 Å². The predicted molar refractivity (Wildman–Crippen MR) is 189 cm³/mol. The van der Waals surface area contributed by atoms with Crippen LogP contribution in [0.25, 0.3) is 0 Å². The Balaban J connectivity index is 1.12. The van der Waals surface area contributed by atoms with Gasteiger partial charge in [0, 0.05) is 0 Å². The zero-order valence-corrected chi connectivity index (χ0v) is 33.3. The van der Waals surface area contributed by atoms with Crippen molar-refractivity contribution in [1.82, 2.24) is 0 Å². The van der Waals surface area contributed by atoms with Crippen LogP contribution in [0.5, 0.6) is 0 Å². The summed E-state index contributed by atoms with van der Waals surface area (Å²) in [6, 6.07) is 7.06. The number of amides is 4. The highest BCUT2D eigenvalue weighted by molar-refractivity contribution is 6.85. The molecule has 8 nitrogen and oxygen atoms in total. The van der Waals surface area contributed by atoms with Crippen molar-refractivity contribution in [3.63, 3.8) is 0 Å². The maximum Gasteiger partial charge on any atom is 0.237 e. The van der Waals surface area contributed by atoms with E-state index >= 15 is 0 Å². The highest BCUT2D eigenvalue weighted by Crippen LogP contribution is 2.65. The summed E-state index contributed by atoms with van der Waals surface area (Å²) in [5.41, 5.74) is 1.69. The van der Waals surface area contributed by atoms with Crippen LogP contribution in [0.4, 0.5) is 11.4 Å². The number of hydrogen-bond donors (Lipinski definition) is 0. The Bertz CT molecular complexity index is 1410. The van der Waals surface area contributed by atoms with Crippen LogP contribution in [0.15, 0.2) is 24.3 Å². The number of imide groups is 2. The van der Waals surface area contributed by atoms with Gasteiger partial charge in [0.15, 0.2) is 33.3 Å². The quantitative estimate of drug-likeness (QED) is 0.219. The first-order valence-corrected chi connectivity index (χ1v) is 30.2. The van der Waals surface area contributed by atoms with Gasteiger partial charge in [-0.2, -0.15) is 0 Å². The Morgan fingerprint density at radius 1 is 0.543 bits per heavy atom. The van der Waals surface area contributed by atoms with Gasteiger partial charge >= 0.3 is 0 Å². The summed E-state index contributed by atoms with van der Waals surface area (Å²) in [4.78, 5) is 58.9. The summed E-state index contributed by atoms with van der Waals surface area (Å²) in [5, 5.41) is 0. The highest BCUT2D eigenvalue weighted by atomic mass is 28.4. The monoisotopic (exact) mass is 696 g/mol. The third-order valence-electron chi connectivity index (χ3n) is 12.3. The molecular weight excluding hydrogens is 645 g/mol. The molecule has 0 radical (unpaired) electrons. The van der Waals surface area contributed by atoms with Crippen molar-refractivity contribution in [2.24, 2.45) is 47.3 Å². The van der Waals surface area contributed by atoms with E-state index < -0.39 is 33.3 Å². The van der Waals surface area contributed by atoms with Gasteiger partial charge in [0.1, 0.15) is 0 Å². The van der Waals surface area contributed by atoms with Crippen molar-refractivity contribution in [1.29, 1.82) is 0 Å². The van der Waals surface area contributed by atoms with Gasteiger partial charge in [0.2, 0.25) is 23.6 Å². The van der Waals surface area contributed by atoms with Gasteiger partial charge in [-0.15, -0.1) is 0 Å². The van der Waals surface area contributed by atoms with Crippen LogP contribution in [-0.4, -0.2) is 56.9 Å². The molecule has 46 heavy (non-hydrogen) atoms. The maximum absolute atomic E-state index is 14.1. The Morgan fingerprint density at radius 3 is 1.24 bits per heavy atom. The molecule has 2 aliphatic heterocycles. The van der Waals surface area contributed by atoms with Crippen molar-refractivity contribution in [3.8, 4) is 0 Å². The molecule has 1 aromatic rings. The molecule has 4 bridgehead atoms. The number of fused-ring (bicyclic) bond motifs is 10. The minimum absolute atomic E-state index is 0.116. The summed E-state index contributed by atoms with van der Waals surface area (Å²) in [6.07, 6.45) is 3.80. The van der Waals surface area contributed by atoms with Gasteiger partial charge in [0.25, 0.3) is 0 Å². The van der Waals surface area contributed by atoms with E-state index in [0.717, 1.165) is 25.7 Å². The molecule has 6 fully saturated rings.